The molecule has 2 aliphatic rings. The van der Waals surface area contributed by atoms with E-state index in [9.17, 15) is 0 Å². The second kappa shape index (κ2) is 6.27. The molecule has 1 atom stereocenters. The smallest absolute Gasteiger partial charge is 0.0440 e. The third-order valence-corrected chi connectivity index (χ3v) is 4.41. The number of hydrogen-bond donors (Lipinski definition) is 1. The molecule has 1 heterocycles. The summed E-state index contributed by atoms with van der Waals surface area (Å²) in [5, 5.41) is 3.26. The first-order valence-electron chi connectivity index (χ1n) is 7.77. The summed E-state index contributed by atoms with van der Waals surface area (Å²) in [7, 11) is 2.03. The van der Waals surface area contributed by atoms with Crippen molar-refractivity contribution in [3.05, 3.63) is 53.8 Å². The van der Waals surface area contributed by atoms with Crippen LogP contribution in [0.25, 0.3) is 0 Å². The summed E-state index contributed by atoms with van der Waals surface area (Å²) in [6.45, 7) is 2.18. The summed E-state index contributed by atoms with van der Waals surface area (Å²) < 4.78 is 0. The summed E-state index contributed by atoms with van der Waals surface area (Å²) in [5.74, 6) is 0.696. The van der Waals surface area contributed by atoms with E-state index in [1.807, 2.05) is 7.05 Å². The molecule has 0 amide bonds. The number of nitrogens with one attached hydrogen (secondary N) is 1. The van der Waals surface area contributed by atoms with Gasteiger partial charge in [-0.15, -0.1) is 0 Å². The Morgan fingerprint density at radius 1 is 1.30 bits per heavy atom. The number of allylic oxidation sites excluding steroid dienone is 4. The maximum absolute atomic E-state index is 3.26. The van der Waals surface area contributed by atoms with E-state index in [0.29, 0.717) is 5.92 Å². The van der Waals surface area contributed by atoms with Crippen LogP contribution in [0.2, 0.25) is 0 Å². The minimum absolute atomic E-state index is 0.696. The van der Waals surface area contributed by atoms with Gasteiger partial charge in [0.2, 0.25) is 0 Å². The molecule has 1 unspecified atom stereocenters. The van der Waals surface area contributed by atoms with Crippen LogP contribution in [0.3, 0.4) is 0 Å². The van der Waals surface area contributed by atoms with Crippen LogP contribution in [0.15, 0.2) is 48.2 Å². The lowest BCUT2D eigenvalue weighted by molar-refractivity contribution is 0.550. The number of fused-ring (bicyclic) bond motifs is 2. The lowest BCUT2D eigenvalue weighted by atomic mass is 9.91. The van der Waals surface area contributed by atoms with Gasteiger partial charge >= 0.3 is 0 Å². The molecule has 1 N–H and O–H groups in total. The van der Waals surface area contributed by atoms with Crippen LogP contribution in [0, 0.1) is 5.92 Å². The van der Waals surface area contributed by atoms with Crippen molar-refractivity contribution < 1.29 is 0 Å². The molecule has 0 spiro atoms. The Balaban J connectivity index is 1.93. The van der Waals surface area contributed by atoms with Gasteiger partial charge < -0.3 is 10.2 Å². The molecule has 3 rings (SSSR count). The molecule has 1 aliphatic carbocycles. The number of benzene rings is 1. The van der Waals surface area contributed by atoms with E-state index in [-0.39, 0.29) is 0 Å². The molecule has 0 saturated carbocycles. The fraction of sp³-hybridized carbons (Fsp3) is 0.444. The lowest BCUT2D eigenvalue weighted by Crippen LogP contribution is -2.29. The van der Waals surface area contributed by atoms with E-state index in [4.69, 9.17) is 0 Å². The second-order valence-electron chi connectivity index (χ2n) is 5.73. The normalized spacial score (nSPS) is 20.9. The van der Waals surface area contributed by atoms with E-state index >= 15 is 0 Å². The molecular formula is C18H24N2. The second-order valence-corrected chi connectivity index (χ2v) is 5.73. The highest BCUT2D eigenvalue weighted by Gasteiger charge is 2.26. The minimum Gasteiger partial charge on any atom is -0.345 e. The molecular weight excluding hydrogens is 244 g/mol. The summed E-state index contributed by atoms with van der Waals surface area (Å²) >= 11 is 0. The van der Waals surface area contributed by atoms with Gasteiger partial charge in [0, 0.05) is 23.8 Å². The van der Waals surface area contributed by atoms with Gasteiger partial charge in [0.1, 0.15) is 0 Å². The van der Waals surface area contributed by atoms with Crippen LogP contribution in [-0.4, -0.2) is 20.1 Å². The standard InChI is InChI=1S/C18H24N2/c1-19-13-6-14-20-17-9-4-2-7-15(17)11-12-16-8-3-5-10-18(16)20/h2-5,7,9-10,16,19H,6,8,11-14H2,1H3. The third kappa shape index (κ3) is 2.66. The first-order valence-corrected chi connectivity index (χ1v) is 7.77. The average Bonchev–Trinajstić information content (AvgIpc) is 2.66. The fourth-order valence-corrected chi connectivity index (χ4v) is 3.36. The van der Waals surface area contributed by atoms with Crippen molar-refractivity contribution in [2.75, 3.05) is 25.0 Å². The van der Waals surface area contributed by atoms with Crippen LogP contribution < -0.4 is 10.2 Å². The molecule has 1 aliphatic heterocycles. The van der Waals surface area contributed by atoms with Crippen molar-refractivity contribution in [3.63, 3.8) is 0 Å². The predicted molar refractivity (Wildman–Crippen MR) is 86.0 cm³/mol. The van der Waals surface area contributed by atoms with Gasteiger partial charge in [-0.3, -0.25) is 0 Å². The Hall–Kier alpha value is -1.54. The van der Waals surface area contributed by atoms with Gasteiger partial charge in [-0.25, -0.2) is 0 Å². The number of para-hydroxylation sites is 1. The third-order valence-electron chi connectivity index (χ3n) is 4.41. The molecule has 1 aromatic carbocycles. The molecule has 0 bridgehead atoms. The van der Waals surface area contributed by atoms with E-state index in [1.165, 1.54) is 42.6 Å². The van der Waals surface area contributed by atoms with Gasteiger partial charge in [-0.05, 0) is 57.0 Å². The van der Waals surface area contributed by atoms with Crippen molar-refractivity contribution in [2.45, 2.75) is 25.7 Å². The summed E-state index contributed by atoms with van der Waals surface area (Å²) in [5.41, 5.74) is 4.45. The van der Waals surface area contributed by atoms with Crippen molar-refractivity contribution in [1.29, 1.82) is 0 Å². The SMILES string of the molecule is CNCCCN1C2=CC=CCC2CCc2ccccc21. The van der Waals surface area contributed by atoms with Crippen LogP contribution >= 0.6 is 0 Å². The molecule has 0 aromatic heterocycles. The first kappa shape index (κ1) is 13.4. The average molecular weight is 268 g/mol. The van der Waals surface area contributed by atoms with Crippen LogP contribution in [0.5, 0.6) is 0 Å². The van der Waals surface area contributed by atoms with Crippen molar-refractivity contribution in [3.8, 4) is 0 Å². The summed E-state index contributed by atoms with van der Waals surface area (Å²) in [6, 6.07) is 8.93. The highest BCUT2D eigenvalue weighted by molar-refractivity contribution is 5.60. The van der Waals surface area contributed by atoms with Crippen molar-refractivity contribution in [1.82, 2.24) is 5.32 Å². The number of nitrogens with zero attached hydrogens (tertiary/aromatic N) is 1. The van der Waals surface area contributed by atoms with E-state index in [2.05, 4.69) is 52.7 Å². The van der Waals surface area contributed by atoms with E-state index in [0.717, 1.165) is 13.1 Å². The number of aryl methyl sites for hydroxylation is 1. The monoisotopic (exact) mass is 268 g/mol. The van der Waals surface area contributed by atoms with Gasteiger partial charge in [0.15, 0.2) is 0 Å². The van der Waals surface area contributed by atoms with Gasteiger partial charge in [-0.1, -0.05) is 30.4 Å². The molecule has 1 aromatic rings. The molecule has 0 radical (unpaired) electrons. The van der Waals surface area contributed by atoms with Gasteiger partial charge in [0.05, 0.1) is 0 Å². The Morgan fingerprint density at radius 3 is 3.10 bits per heavy atom. The first-order chi connectivity index (χ1) is 9.90. The van der Waals surface area contributed by atoms with Crippen molar-refractivity contribution in [2.24, 2.45) is 5.92 Å². The highest BCUT2D eigenvalue weighted by Crippen LogP contribution is 2.37. The largest absolute Gasteiger partial charge is 0.345 e. The van der Waals surface area contributed by atoms with Crippen LogP contribution in [0.1, 0.15) is 24.8 Å². The van der Waals surface area contributed by atoms with Crippen molar-refractivity contribution >= 4 is 5.69 Å². The van der Waals surface area contributed by atoms with E-state index in [1.54, 1.807) is 0 Å². The predicted octanol–water partition coefficient (Wildman–Crippen LogP) is 3.51. The maximum Gasteiger partial charge on any atom is 0.0440 e. The Labute approximate surface area is 122 Å². The summed E-state index contributed by atoms with van der Waals surface area (Å²) in [4.78, 5) is 2.56. The van der Waals surface area contributed by atoms with Crippen LogP contribution in [-0.2, 0) is 6.42 Å². The Bertz CT molecular complexity index is 516. The van der Waals surface area contributed by atoms with E-state index < -0.39 is 0 Å². The summed E-state index contributed by atoms with van der Waals surface area (Å²) in [6.07, 6.45) is 11.7. The molecule has 2 heteroatoms. The minimum atomic E-state index is 0.696. The zero-order valence-electron chi connectivity index (χ0n) is 12.3. The van der Waals surface area contributed by atoms with Crippen LogP contribution in [0.4, 0.5) is 5.69 Å². The molecule has 106 valence electrons. The number of anilines is 1. The highest BCUT2D eigenvalue weighted by atomic mass is 15.2. The molecule has 20 heavy (non-hydrogen) atoms. The quantitative estimate of drug-likeness (QED) is 0.841. The zero-order valence-corrected chi connectivity index (χ0v) is 12.3. The number of hydrogen-bond acceptors (Lipinski definition) is 2. The Morgan fingerprint density at radius 2 is 2.20 bits per heavy atom. The van der Waals surface area contributed by atoms with Gasteiger partial charge in [0.25, 0.3) is 0 Å². The fourth-order valence-electron chi connectivity index (χ4n) is 3.36. The molecule has 0 fully saturated rings. The maximum atomic E-state index is 3.26. The lowest BCUT2D eigenvalue weighted by Gasteiger charge is -2.32. The molecule has 2 nitrogen and oxygen atoms in total. The number of rotatable bonds is 4. The van der Waals surface area contributed by atoms with Gasteiger partial charge in [-0.2, -0.15) is 0 Å². The Kier molecular flexibility index (Phi) is 4.22. The topological polar surface area (TPSA) is 15.3 Å². The zero-order chi connectivity index (χ0) is 13.8. The molecule has 0 saturated heterocycles.